The Kier molecular flexibility index (Phi) is 5.56. The van der Waals surface area contributed by atoms with Crippen molar-refractivity contribution in [2.24, 2.45) is 0 Å². The maximum atomic E-state index is 13.5. The third kappa shape index (κ3) is 5.33. The average molecular weight is 295 g/mol. The zero-order valence-electron chi connectivity index (χ0n) is 10.1. The van der Waals surface area contributed by atoms with Crippen molar-refractivity contribution in [1.29, 1.82) is 0 Å². The number of aliphatic hydroxyl groups is 1. The van der Waals surface area contributed by atoms with Crippen LogP contribution in [0.3, 0.4) is 0 Å². The van der Waals surface area contributed by atoms with Crippen molar-refractivity contribution < 1.29 is 17.9 Å². The van der Waals surface area contributed by atoms with E-state index < -0.39 is 21.8 Å². The maximum Gasteiger partial charge on any atom is 0.147 e. The predicted molar refractivity (Wildman–Crippen MR) is 70.1 cm³/mol. The molecule has 0 aliphatic rings. The Balaban J connectivity index is 2.50. The highest BCUT2D eigenvalue weighted by atomic mass is 35.5. The van der Waals surface area contributed by atoms with Crippen LogP contribution < -0.4 is 0 Å². The summed E-state index contributed by atoms with van der Waals surface area (Å²) in [5, 5.41) is 9.73. The molecular formula is C12H16ClFO3S. The molecule has 3 nitrogen and oxygen atoms in total. The third-order valence-corrected chi connectivity index (χ3v) is 3.86. The van der Waals surface area contributed by atoms with Crippen LogP contribution in [0.25, 0.3) is 0 Å². The molecule has 1 rings (SSSR count). The van der Waals surface area contributed by atoms with Crippen molar-refractivity contribution in [1.82, 2.24) is 0 Å². The fourth-order valence-corrected chi connectivity index (χ4v) is 2.53. The van der Waals surface area contributed by atoms with Gasteiger partial charge < -0.3 is 5.11 Å². The van der Waals surface area contributed by atoms with Crippen molar-refractivity contribution in [3.63, 3.8) is 0 Å². The molecule has 0 aliphatic heterocycles. The molecule has 0 saturated carbocycles. The minimum atomic E-state index is -3.01. The summed E-state index contributed by atoms with van der Waals surface area (Å²) in [6, 6.07) is 4.61. The largest absolute Gasteiger partial charge is 0.393 e. The molecule has 102 valence electrons. The first-order valence-electron chi connectivity index (χ1n) is 5.58. The molecular weight excluding hydrogens is 279 g/mol. The highest BCUT2D eigenvalue weighted by Crippen LogP contribution is 2.19. The van der Waals surface area contributed by atoms with Crippen LogP contribution in [0.4, 0.5) is 4.39 Å². The first-order chi connectivity index (χ1) is 8.29. The van der Waals surface area contributed by atoms with Gasteiger partial charge in [0.25, 0.3) is 0 Å². The number of hydrogen-bond acceptors (Lipinski definition) is 3. The average Bonchev–Trinajstić information content (AvgIpc) is 2.23. The highest BCUT2D eigenvalue weighted by Gasteiger charge is 2.12. The third-order valence-electron chi connectivity index (χ3n) is 2.54. The summed E-state index contributed by atoms with van der Waals surface area (Å²) in [7, 11) is -3.01. The molecule has 0 aromatic heterocycles. The SMILES string of the molecule is CS(=O)(=O)CCCC(O)Cc1cccc(Cl)c1F. The topological polar surface area (TPSA) is 54.4 Å². The molecule has 1 N–H and O–H groups in total. The van der Waals surface area contributed by atoms with E-state index in [-0.39, 0.29) is 17.2 Å². The maximum absolute atomic E-state index is 13.5. The number of halogens is 2. The van der Waals surface area contributed by atoms with Crippen molar-refractivity contribution >= 4 is 21.4 Å². The lowest BCUT2D eigenvalue weighted by molar-refractivity contribution is 0.163. The molecule has 0 fully saturated rings. The van der Waals surface area contributed by atoms with Gasteiger partial charge in [-0.3, -0.25) is 0 Å². The standard InChI is InChI=1S/C12H16ClFO3S/c1-18(16,17)7-3-5-10(15)8-9-4-2-6-11(13)12(9)14/h2,4,6,10,15H,3,5,7-8H2,1H3. The van der Waals surface area contributed by atoms with Gasteiger partial charge in [-0.15, -0.1) is 0 Å². The van der Waals surface area contributed by atoms with Crippen molar-refractivity contribution in [3.05, 3.63) is 34.6 Å². The van der Waals surface area contributed by atoms with Gasteiger partial charge in [0, 0.05) is 18.4 Å². The number of hydrogen-bond donors (Lipinski definition) is 1. The molecule has 1 atom stereocenters. The van der Waals surface area contributed by atoms with Crippen LogP contribution in [-0.4, -0.2) is 31.6 Å². The molecule has 0 amide bonds. The van der Waals surface area contributed by atoms with Gasteiger partial charge in [0.15, 0.2) is 0 Å². The van der Waals surface area contributed by atoms with Crippen LogP contribution in [-0.2, 0) is 16.3 Å². The van der Waals surface area contributed by atoms with E-state index >= 15 is 0 Å². The number of benzene rings is 1. The normalized spacial score (nSPS) is 13.6. The van der Waals surface area contributed by atoms with E-state index in [2.05, 4.69) is 0 Å². The van der Waals surface area contributed by atoms with Gasteiger partial charge >= 0.3 is 0 Å². The Morgan fingerprint density at radius 3 is 2.72 bits per heavy atom. The fourth-order valence-electron chi connectivity index (χ4n) is 1.64. The van der Waals surface area contributed by atoms with E-state index in [1.165, 1.54) is 6.07 Å². The minimum Gasteiger partial charge on any atom is -0.393 e. The molecule has 0 heterocycles. The van der Waals surface area contributed by atoms with Crippen molar-refractivity contribution in [2.75, 3.05) is 12.0 Å². The molecule has 0 aliphatic carbocycles. The number of aliphatic hydroxyl groups excluding tert-OH is 1. The lowest BCUT2D eigenvalue weighted by atomic mass is 10.0. The lowest BCUT2D eigenvalue weighted by Crippen LogP contribution is -2.14. The summed E-state index contributed by atoms with van der Waals surface area (Å²) < 4.78 is 35.4. The summed E-state index contributed by atoms with van der Waals surface area (Å²) in [6.07, 6.45) is 1.20. The first kappa shape index (κ1) is 15.4. The van der Waals surface area contributed by atoms with E-state index in [4.69, 9.17) is 11.6 Å². The van der Waals surface area contributed by atoms with Gasteiger partial charge in [-0.05, 0) is 24.5 Å². The molecule has 18 heavy (non-hydrogen) atoms. The Bertz CT molecular complexity index is 502. The fraction of sp³-hybridized carbons (Fsp3) is 0.500. The van der Waals surface area contributed by atoms with Crippen LogP contribution in [0.1, 0.15) is 18.4 Å². The Labute approximate surface area is 112 Å². The molecule has 0 radical (unpaired) electrons. The monoisotopic (exact) mass is 294 g/mol. The van der Waals surface area contributed by atoms with Gasteiger partial charge in [0.1, 0.15) is 15.7 Å². The zero-order valence-corrected chi connectivity index (χ0v) is 11.6. The van der Waals surface area contributed by atoms with E-state index in [1.807, 2.05) is 0 Å². The molecule has 6 heteroatoms. The summed E-state index contributed by atoms with van der Waals surface area (Å²) in [4.78, 5) is 0. The molecule has 1 aromatic carbocycles. The summed E-state index contributed by atoms with van der Waals surface area (Å²) >= 11 is 5.63. The van der Waals surface area contributed by atoms with Gasteiger partial charge in [-0.2, -0.15) is 0 Å². The number of rotatable bonds is 6. The van der Waals surface area contributed by atoms with Gasteiger partial charge in [0.2, 0.25) is 0 Å². The zero-order chi connectivity index (χ0) is 13.8. The minimum absolute atomic E-state index is 0.0239. The van der Waals surface area contributed by atoms with Crippen LogP contribution in [0.5, 0.6) is 0 Å². The Morgan fingerprint density at radius 2 is 2.11 bits per heavy atom. The van der Waals surface area contributed by atoms with Crippen molar-refractivity contribution in [3.8, 4) is 0 Å². The molecule has 0 spiro atoms. The first-order valence-corrected chi connectivity index (χ1v) is 8.02. The van der Waals surface area contributed by atoms with E-state index in [0.29, 0.717) is 18.4 Å². The summed E-state index contributed by atoms with van der Waals surface area (Å²) in [6.45, 7) is 0. The molecule has 1 aromatic rings. The van der Waals surface area contributed by atoms with Gasteiger partial charge in [-0.1, -0.05) is 23.7 Å². The second-order valence-electron chi connectivity index (χ2n) is 4.34. The van der Waals surface area contributed by atoms with Gasteiger partial charge in [0.05, 0.1) is 11.1 Å². The summed E-state index contributed by atoms with van der Waals surface area (Å²) in [5.41, 5.74) is 0.342. The van der Waals surface area contributed by atoms with E-state index in [9.17, 15) is 17.9 Å². The Hall–Kier alpha value is -0.650. The number of sulfone groups is 1. The quantitative estimate of drug-likeness (QED) is 0.875. The summed E-state index contributed by atoms with van der Waals surface area (Å²) in [5.74, 6) is -0.497. The Morgan fingerprint density at radius 1 is 1.44 bits per heavy atom. The second kappa shape index (κ2) is 6.50. The van der Waals surface area contributed by atoms with Crippen LogP contribution in [0.15, 0.2) is 18.2 Å². The van der Waals surface area contributed by atoms with Crippen LogP contribution in [0, 0.1) is 5.82 Å². The second-order valence-corrected chi connectivity index (χ2v) is 7.01. The van der Waals surface area contributed by atoms with E-state index in [1.54, 1.807) is 12.1 Å². The lowest BCUT2D eigenvalue weighted by Gasteiger charge is -2.11. The van der Waals surface area contributed by atoms with E-state index in [0.717, 1.165) is 6.26 Å². The highest BCUT2D eigenvalue weighted by molar-refractivity contribution is 7.90. The molecule has 0 saturated heterocycles. The smallest absolute Gasteiger partial charge is 0.147 e. The predicted octanol–water partition coefficient (Wildman–Crippen LogP) is 2.21. The van der Waals surface area contributed by atoms with Crippen LogP contribution in [0.2, 0.25) is 5.02 Å². The molecule has 0 bridgehead atoms. The van der Waals surface area contributed by atoms with Crippen molar-refractivity contribution in [2.45, 2.75) is 25.4 Å². The van der Waals surface area contributed by atoms with Gasteiger partial charge in [-0.25, -0.2) is 12.8 Å². The molecule has 1 unspecified atom stereocenters. The van der Waals surface area contributed by atoms with Crippen LogP contribution >= 0.6 is 11.6 Å².